The van der Waals surface area contributed by atoms with Crippen LogP contribution in [-0.4, -0.2) is 22.9 Å². The standard InChI is InChI=1S/C21H19ClN2OS.C2H6/c1-12-4-3-5-16-18(12)20(14-6-8-15(22)9-7-14)24-17(10-11-25)21(26)19(16)13(2)23;1-2/h3-9,11,17H,10,23H2,1-2H3;1-2H3/b19-13-;/t17-;/m0./s1. The molecule has 1 aliphatic heterocycles. The maximum Gasteiger partial charge on any atom is 0.122 e. The molecule has 0 fully saturated rings. The first-order valence-electron chi connectivity index (χ1n) is 9.32. The molecule has 0 aliphatic carbocycles. The molecule has 146 valence electrons. The lowest BCUT2D eigenvalue weighted by Crippen LogP contribution is -2.20. The number of hydrogen-bond acceptors (Lipinski definition) is 4. The molecular weight excluding hydrogens is 388 g/mol. The molecule has 0 aromatic heterocycles. The summed E-state index contributed by atoms with van der Waals surface area (Å²) in [5.41, 5.74) is 12.4. The fourth-order valence-electron chi connectivity index (χ4n) is 3.25. The SMILES string of the molecule is C/C(N)=C1/C(=S)[C@H](CC=O)N=C(c2ccc(Cl)cc2)c2c(C)cccc21.CC. The van der Waals surface area contributed by atoms with Crippen molar-refractivity contribution in [3.63, 3.8) is 0 Å². The first kappa shape index (κ1) is 22.0. The van der Waals surface area contributed by atoms with Gasteiger partial charge in [-0.1, -0.05) is 68.0 Å². The molecule has 1 atom stereocenters. The van der Waals surface area contributed by atoms with E-state index in [0.29, 0.717) is 15.6 Å². The number of nitrogens with two attached hydrogens (primary N) is 1. The van der Waals surface area contributed by atoms with Crippen LogP contribution in [0, 0.1) is 6.92 Å². The van der Waals surface area contributed by atoms with Crippen molar-refractivity contribution >= 4 is 46.3 Å². The second-order valence-corrected chi connectivity index (χ2v) is 7.20. The minimum Gasteiger partial charge on any atom is -0.402 e. The van der Waals surface area contributed by atoms with Crippen molar-refractivity contribution in [3.8, 4) is 0 Å². The molecule has 0 amide bonds. The van der Waals surface area contributed by atoms with E-state index in [2.05, 4.69) is 0 Å². The number of aryl methyl sites for hydroxylation is 1. The van der Waals surface area contributed by atoms with E-state index >= 15 is 0 Å². The van der Waals surface area contributed by atoms with E-state index in [4.69, 9.17) is 34.5 Å². The summed E-state index contributed by atoms with van der Waals surface area (Å²) in [4.78, 5) is 16.7. The summed E-state index contributed by atoms with van der Waals surface area (Å²) in [6.45, 7) is 7.87. The van der Waals surface area contributed by atoms with Gasteiger partial charge in [0.2, 0.25) is 0 Å². The van der Waals surface area contributed by atoms with E-state index < -0.39 is 6.04 Å². The summed E-state index contributed by atoms with van der Waals surface area (Å²) < 4.78 is 0. The topological polar surface area (TPSA) is 55.5 Å². The van der Waals surface area contributed by atoms with Gasteiger partial charge in [0.1, 0.15) is 6.29 Å². The minimum atomic E-state index is -0.423. The third-order valence-electron chi connectivity index (χ3n) is 4.44. The number of nitrogens with zero attached hydrogens (tertiary/aromatic N) is 1. The van der Waals surface area contributed by atoms with Crippen molar-refractivity contribution in [3.05, 3.63) is 75.4 Å². The minimum absolute atomic E-state index is 0.222. The quantitative estimate of drug-likeness (QED) is 0.409. The van der Waals surface area contributed by atoms with Crippen molar-refractivity contribution in [2.24, 2.45) is 10.7 Å². The van der Waals surface area contributed by atoms with Gasteiger partial charge in [0, 0.05) is 38.7 Å². The maximum absolute atomic E-state index is 11.2. The predicted octanol–water partition coefficient (Wildman–Crippen LogP) is 5.54. The highest BCUT2D eigenvalue weighted by atomic mass is 35.5. The highest BCUT2D eigenvalue weighted by Gasteiger charge is 2.29. The molecule has 28 heavy (non-hydrogen) atoms. The molecular formula is C23H25ClN2OS. The monoisotopic (exact) mass is 412 g/mol. The third-order valence-corrected chi connectivity index (χ3v) is 5.17. The van der Waals surface area contributed by atoms with Crippen LogP contribution in [0.25, 0.3) is 5.57 Å². The second kappa shape index (κ2) is 9.76. The Morgan fingerprint density at radius 1 is 1.21 bits per heavy atom. The molecule has 0 saturated carbocycles. The smallest absolute Gasteiger partial charge is 0.122 e. The fraction of sp³-hybridized carbons (Fsp3) is 0.261. The molecule has 5 heteroatoms. The summed E-state index contributed by atoms with van der Waals surface area (Å²) in [6.07, 6.45) is 1.08. The number of allylic oxidation sites excluding steroid dienone is 1. The van der Waals surface area contributed by atoms with Gasteiger partial charge in [0.25, 0.3) is 0 Å². The fourth-order valence-corrected chi connectivity index (χ4v) is 3.80. The van der Waals surface area contributed by atoms with Gasteiger partial charge < -0.3 is 10.5 Å². The summed E-state index contributed by atoms with van der Waals surface area (Å²) in [6, 6.07) is 13.1. The first-order chi connectivity index (χ1) is 13.4. The summed E-state index contributed by atoms with van der Waals surface area (Å²) in [5.74, 6) is 0. The number of carbonyl (C=O) groups is 1. The van der Waals surface area contributed by atoms with Crippen molar-refractivity contribution < 1.29 is 4.79 Å². The van der Waals surface area contributed by atoms with Crippen molar-refractivity contribution in [1.29, 1.82) is 0 Å². The van der Waals surface area contributed by atoms with Gasteiger partial charge in [0.05, 0.1) is 11.8 Å². The Morgan fingerprint density at radius 3 is 2.43 bits per heavy atom. The Bertz CT molecular complexity index is 942. The van der Waals surface area contributed by atoms with Crippen LogP contribution in [0.3, 0.4) is 0 Å². The van der Waals surface area contributed by atoms with E-state index in [1.807, 2.05) is 70.2 Å². The Balaban J connectivity index is 0.00000136. The number of thiocarbonyl (C=S) groups is 1. The molecule has 2 aromatic carbocycles. The second-order valence-electron chi connectivity index (χ2n) is 6.32. The lowest BCUT2D eigenvalue weighted by molar-refractivity contribution is -0.107. The highest BCUT2D eigenvalue weighted by Crippen LogP contribution is 2.33. The number of halogens is 1. The maximum atomic E-state index is 11.2. The number of fused-ring (bicyclic) bond motifs is 1. The molecule has 2 aromatic rings. The van der Waals surface area contributed by atoms with Crippen molar-refractivity contribution in [2.45, 2.75) is 40.2 Å². The molecule has 0 radical (unpaired) electrons. The number of benzene rings is 2. The van der Waals surface area contributed by atoms with E-state index in [-0.39, 0.29) is 6.42 Å². The van der Waals surface area contributed by atoms with E-state index in [9.17, 15) is 4.79 Å². The van der Waals surface area contributed by atoms with E-state index in [1.54, 1.807) is 0 Å². The molecule has 0 spiro atoms. The zero-order valence-electron chi connectivity index (χ0n) is 16.6. The van der Waals surface area contributed by atoms with Crippen LogP contribution in [0.4, 0.5) is 0 Å². The Kier molecular flexibility index (Phi) is 7.67. The molecule has 0 saturated heterocycles. The van der Waals surface area contributed by atoms with Gasteiger partial charge in [-0.2, -0.15) is 0 Å². The molecule has 1 heterocycles. The van der Waals surface area contributed by atoms with E-state index in [1.165, 1.54) is 0 Å². The Morgan fingerprint density at radius 2 is 1.86 bits per heavy atom. The average Bonchev–Trinajstić information content (AvgIpc) is 2.80. The molecule has 2 N–H and O–H groups in total. The van der Waals surface area contributed by atoms with Crippen LogP contribution in [-0.2, 0) is 4.79 Å². The van der Waals surface area contributed by atoms with Gasteiger partial charge in [-0.05, 0) is 37.1 Å². The van der Waals surface area contributed by atoms with Crippen molar-refractivity contribution in [1.82, 2.24) is 0 Å². The number of aldehydes is 1. The molecule has 0 unspecified atom stereocenters. The number of hydrogen-bond donors (Lipinski definition) is 1. The van der Waals surface area contributed by atoms with Crippen LogP contribution >= 0.6 is 23.8 Å². The lowest BCUT2D eigenvalue weighted by Gasteiger charge is -2.16. The number of rotatable bonds is 3. The van der Waals surface area contributed by atoms with E-state index in [0.717, 1.165) is 39.8 Å². The van der Waals surface area contributed by atoms with Gasteiger partial charge in [0.15, 0.2) is 0 Å². The van der Waals surface area contributed by atoms with Crippen LogP contribution in [0.5, 0.6) is 0 Å². The summed E-state index contributed by atoms with van der Waals surface area (Å²) in [7, 11) is 0. The predicted molar refractivity (Wildman–Crippen MR) is 123 cm³/mol. The van der Waals surface area contributed by atoms with Crippen molar-refractivity contribution in [2.75, 3.05) is 0 Å². The summed E-state index contributed by atoms with van der Waals surface area (Å²) in [5, 5.41) is 0.659. The van der Waals surface area contributed by atoms with Crippen LogP contribution in [0.1, 0.15) is 49.4 Å². The Labute approximate surface area is 177 Å². The van der Waals surface area contributed by atoms with Gasteiger partial charge in [-0.15, -0.1) is 0 Å². The first-order valence-corrected chi connectivity index (χ1v) is 10.1. The highest BCUT2D eigenvalue weighted by molar-refractivity contribution is 7.81. The number of aliphatic imine (C=N–C) groups is 1. The van der Waals surface area contributed by atoms with Crippen LogP contribution < -0.4 is 5.73 Å². The zero-order valence-corrected chi connectivity index (χ0v) is 18.2. The average molecular weight is 413 g/mol. The normalized spacial score (nSPS) is 17.5. The lowest BCUT2D eigenvalue weighted by atomic mass is 9.88. The molecule has 0 bridgehead atoms. The third kappa shape index (κ3) is 4.40. The molecule has 1 aliphatic rings. The van der Waals surface area contributed by atoms with Gasteiger partial charge >= 0.3 is 0 Å². The van der Waals surface area contributed by atoms with Crippen LogP contribution in [0.2, 0.25) is 5.02 Å². The number of carbonyl (C=O) groups excluding carboxylic acids is 1. The molecule has 3 rings (SSSR count). The van der Waals surface area contributed by atoms with Gasteiger partial charge in [-0.25, -0.2) is 0 Å². The summed E-state index contributed by atoms with van der Waals surface area (Å²) >= 11 is 11.7. The Hall–Kier alpha value is -2.30. The largest absolute Gasteiger partial charge is 0.402 e. The van der Waals surface area contributed by atoms with Gasteiger partial charge in [-0.3, -0.25) is 4.99 Å². The zero-order chi connectivity index (χ0) is 20.8. The van der Waals surface area contributed by atoms with Crippen LogP contribution in [0.15, 0.2) is 53.2 Å². The molecule has 3 nitrogen and oxygen atoms in total.